The maximum absolute atomic E-state index is 12.5. The fourth-order valence-corrected chi connectivity index (χ4v) is 2.74. The van der Waals surface area contributed by atoms with E-state index in [-0.39, 0.29) is 30.2 Å². The average molecular weight is 241 g/mol. The van der Waals surface area contributed by atoms with E-state index >= 15 is 0 Å². The highest BCUT2D eigenvalue weighted by Crippen LogP contribution is 2.23. The van der Waals surface area contributed by atoms with E-state index in [1.807, 2.05) is 12.1 Å². The molecular weight excluding hydrogens is 218 g/mol. The van der Waals surface area contributed by atoms with Crippen molar-refractivity contribution in [1.82, 2.24) is 15.3 Å². The van der Waals surface area contributed by atoms with Crippen molar-refractivity contribution in [1.29, 1.82) is 0 Å². The number of hydrogen-bond acceptors (Lipinski definition) is 4. The first-order chi connectivity index (χ1) is 8.54. The quantitative estimate of drug-likeness (QED) is 0.765. The van der Waals surface area contributed by atoms with Crippen molar-refractivity contribution in [2.45, 2.75) is 44.7 Å². The molecule has 2 rings (SSSR count). The van der Waals surface area contributed by atoms with Crippen LogP contribution in [0.2, 0.25) is 0 Å². The van der Waals surface area contributed by atoms with Gasteiger partial charge in [-0.25, -0.2) is 5.01 Å². The first-order valence-corrected chi connectivity index (χ1v) is 6.21. The molecule has 1 N–H and O–H groups in total. The summed E-state index contributed by atoms with van der Waals surface area (Å²) >= 11 is 0. The van der Waals surface area contributed by atoms with Crippen LogP contribution in [0.25, 0.3) is 0 Å². The standard InChI is InChI=1S/C12H21N3O2/c1-9(16)10-5-3-7-14(10)12(17)11-6-4-8-15(11)13-2/h10-11,13H,3-8H2,1-2H3/t10-,11+/m1/s1/i3T/t3-,10+,11-/m0. The van der Waals surface area contributed by atoms with Crippen LogP contribution in [-0.2, 0) is 9.59 Å². The second-order valence-electron chi connectivity index (χ2n) is 4.72. The predicted molar refractivity (Wildman–Crippen MR) is 64.2 cm³/mol. The van der Waals surface area contributed by atoms with Crippen molar-refractivity contribution in [2.24, 2.45) is 0 Å². The van der Waals surface area contributed by atoms with Crippen LogP contribution >= 0.6 is 0 Å². The summed E-state index contributed by atoms with van der Waals surface area (Å²) in [5, 5.41) is 1.93. The zero-order valence-corrected chi connectivity index (χ0v) is 10.5. The minimum Gasteiger partial charge on any atom is -0.331 e. The summed E-state index contributed by atoms with van der Waals surface area (Å²) in [6.07, 6.45) is 1.96. The topological polar surface area (TPSA) is 52.7 Å². The number of Topliss-reactive ketones (excluding diaryl/α,β-unsaturated/α-hetero) is 1. The Labute approximate surface area is 104 Å². The first kappa shape index (κ1) is 11.2. The highest BCUT2D eigenvalue weighted by molar-refractivity contribution is 5.90. The Bertz CT molecular complexity index is 350. The van der Waals surface area contributed by atoms with Crippen LogP contribution in [0.3, 0.4) is 0 Å². The largest absolute Gasteiger partial charge is 0.331 e. The van der Waals surface area contributed by atoms with Crippen LogP contribution in [0.1, 0.15) is 34.0 Å². The lowest BCUT2D eigenvalue weighted by Gasteiger charge is -2.29. The Hall–Kier alpha value is -0.940. The fourth-order valence-electron chi connectivity index (χ4n) is 2.74. The molecule has 0 aliphatic carbocycles. The van der Waals surface area contributed by atoms with Gasteiger partial charge in [-0.05, 0) is 39.6 Å². The van der Waals surface area contributed by atoms with Gasteiger partial charge in [0.2, 0.25) is 5.91 Å². The third kappa shape index (κ3) is 2.35. The van der Waals surface area contributed by atoms with Gasteiger partial charge >= 0.3 is 0 Å². The molecule has 0 bridgehead atoms. The van der Waals surface area contributed by atoms with Gasteiger partial charge in [0.25, 0.3) is 0 Å². The van der Waals surface area contributed by atoms with Crippen molar-refractivity contribution in [3.05, 3.63) is 0 Å². The minimum atomic E-state index is -0.390. The number of hydrazine groups is 1. The average Bonchev–Trinajstić information content (AvgIpc) is 2.93. The number of ketones is 1. The minimum absolute atomic E-state index is 0.00296. The number of carbonyl (C=O) groups excluding carboxylic acids is 2. The second kappa shape index (κ2) is 5.14. The Morgan fingerprint density at radius 1 is 1.29 bits per heavy atom. The molecule has 1 amide bonds. The van der Waals surface area contributed by atoms with Crippen LogP contribution in [-0.4, -0.2) is 53.8 Å². The molecule has 17 heavy (non-hydrogen) atoms. The zero-order chi connectivity index (χ0) is 13.3. The van der Waals surface area contributed by atoms with Crippen molar-refractivity contribution < 1.29 is 11.0 Å². The molecule has 0 spiro atoms. The SMILES string of the molecule is [3H][C@H]1C[C@H](C(C)=O)N(C(=O)[C@@H]2CCCN2NC)C1. The number of hydrogen-bond donors (Lipinski definition) is 1. The van der Waals surface area contributed by atoms with E-state index in [9.17, 15) is 9.59 Å². The molecule has 96 valence electrons. The van der Waals surface area contributed by atoms with E-state index in [1.54, 1.807) is 4.90 Å². The Balaban J connectivity index is 2.10. The third-order valence-corrected chi connectivity index (χ3v) is 3.67. The zero-order valence-electron chi connectivity index (χ0n) is 11.5. The Morgan fingerprint density at radius 2 is 2.06 bits per heavy atom. The summed E-state index contributed by atoms with van der Waals surface area (Å²) in [4.78, 5) is 25.7. The molecule has 0 aromatic heterocycles. The summed E-state index contributed by atoms with van der Waals surface area (Å²) in [7, 11) is 1.81. The van der Waals surface area contributed by atoms with E-state index in [2.05, 4.69) is 5.43 Å². The van der Waals surface area contributed by atoms with Gasteiger partial charge < -0.3 is 4.90 Å². The smallest absolute Gasteiger partial charge is 0.241 e. The highest BCUT2D eigenvalue weighted by Gasteiger charge is 2.39. The Morgan fingerprint density at radius 3 is 2.71 bits per heavy atom. The molecule has 5 heteroatoms. The van der Waals surface area contributed by atoms with Crippen LogP contribution in [0, 0.1) is 0 Å². The van der Waals surface area contributed by atoms with Crippen molar-refractivity contribution in [3.8, 4) is 0 Å². The molecule has 0 saturated carbocycles. The van der Waals surface area contributed by atoms with Gasteiger partial charge in [-0.3, -0.25) is 15.0 Å². The first-order valence-electron chi connectivity index (χ1n) is 6.79. The molecule has 0 aromatic rings. The number of rotatable bonds is 3. The summed E-state index contributed by atoms with van der Waals surface area (Å²) in [5.41, 5.74) is 3.03. The second-order valence-corrected chi connectivity index (χ2v) is 4.72. The van der Waals surface area contributed by atoms with Crippen molar-refractivity contribution in [3.63, 3.8) is 0 Å². The maximum atomic E-state index is 12.5. The van der Waals surface area contributed by atoms with Crippen LogP contribution in [0.5, 0.6) is 0 Å². The van der Waals surface area contributed by atoms with Gasteiger partial charge in [-0.15, -0.1) is 0 Å². The van der Waals surface area contributed by atoms with Gasteiger partial charge in [0.05, 0.1) is 6.04 Å². The lowest BCUT2D eigenvalue weighted by molar-refractivity contribution is -0.141. The molecule has 5 nitrogen and oxygen atoms in total. The molecular formula is C12H21N3O2. The van der Waals surface area contributed by atoms with E-state index < -0.39 is 0 Å². The van der Waals surface area contributed by atoms with Crippen molar-refractivity contribution >= 4 is 11.7 Å². The summed E-state index contributed by atoms with van der Waals surface area (Å²) in [5.74, 6) is -0.0103. The molecule has 2 fully saturated rings. The fraction of sp³-hybridized carbons (Fsp3) is 0.833. The van der Waals surface area contributed by atoms with Gasteiger partial charge in [0.15, 0.2) is 5.78 Å². The van der Waals surface area contributed by atoms with E-state index in [0.717, 1.165) is 19.4 Å². The summed E-state index contributed by atoms with van der Waals surface area (Å²) in [6, 6.07) is -0.568. The van der Waals surface area contributed by atoms with Gasteiger partial charge in [0.1, 0.15) is 6.04 Å². The maximum Gasteiger partial charge on any atom is 0.241 e. The van der Waals surface area contributed by atoms with Crippen molar-refractivity contribution in [2.75, 3.05) is 20.1 Å². The van der Waals surface area contributed by atoms with Crippen LogP contribution in [0.15, 0.2) is 0 Å². The number of nitrogens with one attached hydrogen (secondary N) is 1. The van der Waals surface area contributed by atoms with E-state index in [1.165, 1.54) is 6.92 Å². The molecule has 2 aliphatic rings. The van der Waals surface area contributed by atoms with Gasteiger partial charge in [0, 0.05) is 14.5 Å². The van der Waals surface area contributed by atoms with Gasteiger partial charge in [-0.1, -0.05) is 0 Å². The normalized spacial score (nSPS) is 35.1. The summed E-state index contributed by atoms with van der Waals surface area (Å²) in [6.45, 7) is 2.75. The Kier molecular flexibility index (Phi) is 3.38. The number of nitrogens with zero attached hydrogens (tertiary/aromatic N) is 2. The molecule has 0 unspecified atom stereocenters. The lowest BCUT2D eigenvalue weighted by Crippen LogP contribution is -2.52. The molecule has 2 aliphatic heterocycles. The van der Waals surface area contributed by atoms with E-state index in [4.69, 9.17) is 1.37 Å². The molecule has 3 atom stereocenters. The molecule has 2 saturated heterocycles. The monoisotopic (exact) mass is 241 g/mol. The number of likely N-dealkylation sites (tertiary alicyclic amines) is 1. The predicted octanol–water partition coefficient (Wildman–Crippen LogP) is 0.165. The molecule has 2 heterocycles. The number of carbonyl (C=O) groups is 2. The number of amides is 1. The van der Waals surface area contributed by atoms with Crippen LogP contribution < -0.4 is 5.43 Å². The van der Waals surface area contributed by atoms with Gasteiger partial charge in [-0.2, -0.15) is 0 Å². The molecule has 0 radical (unpaired) electrons. The van der Waals surface area contributed by atoms with Crippen LogP contribution in [0.4, 0.5) is 0 Å². The molecule has 0 aromatic carbocycles. The third-order valence-electron chi connectivity index (χ3n) is 3.67. The highest BCUT2D eigenvalue weighted by atomic mass is 16.2. The van der Waals surface area contributed by atoms with E-state index in [0.29, 0.717) is 13.0 Å². The summed E-state index contributed by atoms with van der Waals surface area (Å²) < 4.78 is 7.77. The lowest BCUT2D eigenvalue weighted by atomic mass is 10.1.